The van der Waals surface area contributed by atoms with Crippen molar-refractivity contribution in [3.8, 4) is 11.5 Å². The van der Waals surface area contributed by atoms with Crippen molar-refractivity contribution >= 4 is 17.4 Å². The summed E-state index contributed by atoms with van der Waals surface area (Å²) in [6.45, 7) is 6.20. The third-order valence-electron chi connectivity index (χ3n) is 6.58. The molecule has 0 saturated carbocycles. The minimum Gasteiger partial charge on any atom is -0.507 e. The molecule has 1 N–H and O–H groups in total. The lowest BCUT2D eigenvalue weighted by molar-refractivity contribution is -0.140. The molecule has 186 valence electrons. The third-order valence-corrected chi connectivity index (χ3v) is 6.58. The highest BCUT2D eigenvalue weighted by molar-refractivity contribution is 6.46. The number of carbonyl (C=O) groups excluding carboxylic acids is 2. The predicted octanol–water partition coefficient (Wildman–Crippen LogP) is 3.16. The van der Waals surface area contributed by atoms with Crippen molar-refractivity contribution < 1.29 is 28.9 Å². The van der Waals surface area contributed by atoms with E-state index < -0.39 is 17.7 Å². The molecule has 2 aromatic rings. The van der Waals surface area contributed by atoms with Crippen LogP contribution in [0.1, 0.15) is 29.2 Å². The van der Waals surface area contributed by atoms with Crippen molar-refractivity contribution in [2.24, 2.45) is 0 Å². The number of morpholine rings is 1. The first-order chi connectivity index (χ1) is 16.9. The number of aliphatic hydroxyl groups is 1. The fourth-order valence-electron chi connectivity index (χ4n) is 4.63. The SMILES string of the molecule is COc1ccc(C2C(=C(O)c3ccc(C)cc3)C(=O)C(=O)N2CCCN2CCOCC2)c(OC)c1. The molecular formula is C27H32N2O6. The topological polar surface area (TPSA) is 88.5 Å². The number of carbonyl (C=O) groups is 2. The molecule has 2 heterocycles. The third kappa shape index (κ3) is 5.18. The summed E-state index contributed by atoms with van der Waals surface area (Å²) in [5.41, 5.74) is 2.19. The van der Waals surface area contributed by atoms with Crippen LogP contribution in [0.25, 0.3) is 5.76 Å². The maximum atomic E-state index is 13.3. The number of nitrogens with zero attached hydrogens (tertiary/aromatic N) is 2. The minimum atomic E-state index is -0.776. The molecule has 2 fully saturated rings. The van der Waals surface area contributed by atoms with Crippen molar-refractivity contribution in [3.05, 3.63) is 64.7 Å². The Balaban J connectivity index is 1.73. The smallest absolute Gasteiger partial charge is 0.295 e. The molecule has 2 aliphatic heterocycles. The monoisotopic (exact) mass is 480 g/mol. The Kier molecular flexibility index (Phi) is 7.73. The minimum absolute atomic E-state index is 0.0636. The number of ether oxygens (including phenoxy) is 3. The van der Waals surface area contributed by atoms with E-state index in [0.29, 0.717) is 48.8 Å². The average molecular weight is 481 g/mol. The molecule has 1 amide bonds. The van der Waals surface area contributed by atoms with Crippen LogP contribution in [-0.2, 0) is 14.3 Å². The molecule has 0 aromatic heterocycles. The highest BCUT2D eigenvalue weighted by Gasteiger charge is 2.46. The first-order valence-electron chi connectivity index (χ1n) is 11.8. The van der Waals surface area contributed by atoms with Crippen LogP contribution in [0.3, 0.4) is 0 Å². The molecule has 0 spiro atoms. The molecule has 1 atom stereocenters. The second-order valence-electron chi connectivity index (χ2n) is 8.77. The molecule has 8 nitrogen and oxygen atoms in total. The molecule has 0 radical (unpaired) electrons. The summed E-state index contributed by atoms with van der Waals surface area (Å²) in [6.07, 6.45) is 0.687. The molecule has 35 heavy (non-hydrogen) atoms. The van der Waals surface area contributed by atoms with Crippen LogP contribution in [0.15, 0.2) is 48.0 Å². The van der Waals surface area contributed by atoms with Crippen LogP contribution in [0.2, 0.25) is 0 Å². The molecule has 1 unspecified atom stereocenters. The van der Waals surface area contributed by atoms with Gasteiger partial charge in [-0.25, -0.2) is 0 Å². The van der Waals surface area contributed by atoms with Crippen molar-refractivity contribution in [2.45, 2.75) is 19.4 Å². The van der Waals surface area contributed by atoms with Gasteiger partial charge in [0, 0.05) is 43.4 Å². The van der Waals surface area contributed by atoms with E-state index in [9.17, 15) is 14.7 Å². The van der Waals surface area contributed by atoms with Gasteiger partial charge in [-0.2, -0.15) is 0 Å². The van der Waals surface area contributed by atoms with Crippen molar-refractivity contribution in [1.82, 2.24) is 9.80 Å². The molecule has 4 rings (SSSR count). The van der Waals surface area contributed by atoms with Gasteiger partial charge < -0.3 is 24.2 Å². The molecule has 0 bridgehead atoms. The fraction of sp³-hybridized carbons (Fsp3) is 0.407. The maximum Gasteiger partial charge on any atom is 0.295 e. The van der Waals surface area contributed by atoms with Crippen LogP contribution in [0.5, 0.6) is 11.5 Å². The van der Waals surface area contributed by atoms with E-state index in [2.05, 4.69) is 4.90 Å². The lowest BCUT2D eigenvalue weighted by Crippen LogP contribution is -2.39. The number of aliphatic hydroxyl groups excluding tert-OH is 1. The van der Waals surface area contributed by atoms with Crippen molar-refractivity contribution in [2.75, 3.05) is 53.6 Å². The number of benzene rings is 2. The Bertz CT molecular complexity index is 1110. The molecule has 0 aliphatic carbocycles. The van der Waals surface area contributed by atoms with Crippen LogP contribution >= 0.6 is 0 Å². The number of likely N-dealkylation sites (tertiary alicyclic amines) is 1. The molecule has 2 aliphatic rings. The quantitative estimate of drug-likeness (QED) is 0.353. The summed E-state index contributed by atoms with van der Waals surface area (Å²) in [7, 11) is 3.09. The number of methoxy groups -OCH3 is 2. The zero-order valence-electron chi connectivity index (χ0n) is 20.5. The number of hydrogen-bond acceptors (Lipinski definition) is 7. The van der Waals surface area contributed by atoms with Crippen molar-refractivity contribution in [3.63, 3.8) is 0 Å². The first kappa shape index (κ1) is 24.8. The van der Waals surface area contributed by atoms with E-state index in [4.69, 9.17) is 14.2 Å². The molecular weight excluding hydrogens is 448 g/mol. The summed E-state index contributed by atoms with van der Waals surface area (Å²) in [5, 5.41) is 11.2. The van der Waals surface area contributed by atoms with Gasteiger partial charge in [-0.15, -0.1) is 0 Å². The number of Topliss-reactive ketones (excluding diaryl/α,β-unsaturated/α-hetero) is 1. The zero-order valence-corrected chi connectivity index (χ0v) is 20.5. The average Bonchev–Trinajstić information content (AvgIpc) is 3.13. The Labute approximate surface area is 205 Å². The number of rotatable bonds is 8. The maximum absolute atomic E-state index is 13.3. The molecule has 2 aromatic carbocycles. The highest BCUT2D eigenvalue weighted by atomic mass is 16.5. The normalized spacial score (nSPS) is 20.3. The lowest BCUT2D eigenvalue weighted by atomic mass is 9.94. The van der Waals surface area contributed by atoms with Crippen LogP contribution in [0.4, 0.5) is 0 Å². The Morgan fingerprint density at radius 2 is 1.74 bits per heavy atom. The Hall–Kier alpha value is -3.36. The van der Waals surface area contributed by atoms with Gasteiger partial charge in [0.2, 0.25) is 0 Å². The summed E-state index contributed by atoms with van der Waals surface area (Å²) < 4.78 is 16.3. The van der Waals surface area contributed by atoms with Crippen molar-refractivity contribution in [1.29, 1.82) is 0 Å². The summed E-state index contributed by atoms with van der Waals surface area (Å²) in [6, 6.07) is 11.7. The van der Waals surface area contributed by atoms with E-state index in [1.807, 2.05) is 19.1 Å². The second kappa shape index (κ2) is 10.9. The van der Waals surface area contributed by atoms with Gasteiger partial charge >= 0.3 is 0 Å². The highest BCUT2D eigenvalue weighted by Crippen LogP contribution is 2.43. The van der Waals surface area contributed by atoms with Gasteiger partial charge in [0.15, 0.2) is 0 Å². The second-order valence-corrected chi connectivity index (χ2v) is 8.77. The van der Waals surface area contributed by atoms with Gasteiger partial charge in [0.1, 0.15) is 17.3 Å². The van der Waals surface area contributed by atoms with Crippen LogP contribution < -0.4 is 9.47 Å². The van der Waals surface area contributed by atoms with E-state index in [1.165, 1.54) is 7.11 Å². The zero-order chi connectivity index (χ0) is 24.9. The summed E-state index contributed by atoms with van der Waals surface area (Å²) in [4.78, 5) is 30.3. The van der Waals surface area contributed by atoms with E-state index in [0.717, 1.165) is 25.2 Å². The lowest BCUT2D eigenvalue weighted by Gasteiger charge is -2.29. The van der Waals surface area contributed by atoms with E-state index >= 15 is 0 Å². The number of hydrogen-bond donors (Lipinski definition) is 1. The Morgan fingerprint density at radius 1 is 1.03 bits per heavy atom. The number of ketones is 1. The molecule has 8 heteroatoms. The molecule has 2 saturated heterocycles. The summed E-state index contributed by atoms with van der Waals surface area (Å²) in [5.74, 6) is -0.444. The van der Waals surface area contributed by atoms with Gasteiger partial charge in [-0.3, -0.25) is 14.5 Å². The van der Waals surface area contributed by atoms with Gasteiger partial charge in [-0.05, 0) is 25.5 Å². The largest absolute Gasteiger partial charge is 0.507 e. The van der Waals surface area contributed by atoms with Crippen LogP contribution in [0, 0.1) is 6.92 Å². The van der Waals surface area contributed by atoms with E-state index in [1.54, 1.807) is 42.3 Å². The predicted molar refractivity (Wildman–Crippen MR) is 132 cm³/mol. The number of aryl methyl sites for hydroxylation is 1. The first-order valence-corrected chi connectivity index (χ1v) is 11.8. The summed E-state index contributed by atoms with van der Waals surface area (Å²) >= 11 is 0. The van der Waals surface area contributed by atoms with Crippen LogP contribution in [-0.4, -0.2) is 80.2 Å². The van der Waals surface area contributed by atoms with Gasteiger partial charge in [-0.1, -0.05) is 29.8 Å². The number of amides is 1. The van der Waals surface area contributed by atoms with E-state index in [-0.39, 0.29) is 11.3 Å². The fourth-order valence-corrected chi connectivity index (χ4v) is 4.63. The standard InChI is InChI=1S/C27H32N2O6/c1-18-5-7-19(8-6-18)25(30)23-24(21-10-9-20(33-2)17-22(21)34-3)29(27(32)26(23)31)12-4-11-28-13-15-35-16-14-28/h5-10,17,24,30H,4,11-16H2,1-3H3. The Morgan fingerprint density at radius 3 is 2.40 bits per heavy atom. The van der Waals surface area contributed by atoms with Gasteiger partial charge in [0.25, 0.3) is 11.7 Å². The van der Waals surface area contributed by atoms with Gasteiger partial charge in [0.05, 0.1) is 39.0 Å².